The largest absolute Gasteiger partial charge is 0.574 e. The van der Waals surface area contributed by atoms with Gasteiger partial charge in [-0.05, 0) is 6.07 Å². The molecule has 0 saturated heterocycles. The standard InChI is InChI=1S/C8H3ClF7NO/c9-2-3-1-4(10)6(18-8(14,15)16)17-5(3)7(11,12)13/h1H,2H2. The number of pyridine rings is 1. The van der Waals surface area contributed by atoms with Crippen molar-refractivity contribution in [2.24, 2.45) is 0 Å². The van der Waals surface area contributed by atoms with Crippen LogP contribution in [0.4, 0.5) is 30.7 Å². The molecule has 0 aromatic carbocycles. The van der Waals surface area contributed by atoms with E-state index in [-0.39, 0.29) is 6.07 Å². The highest BCUT2D eigenvalue weighted by molar-refractivity contribution is 6.17. The van der Waals surface area contributed by atoms with Crippen LogP contribution in [0.15, 0.2) is 6.07 Å². The van der Waals surface area contributed by atoms with Gasteiger partial charge in [-0.2, -0.15) is 13.2 Å². The number of hydrogen-bond donors (Lipinski definition) is 0. The lowest BCUT2D eigenvalue weighted by atomic mass is 10.2. The Kier molecular flexibility index (Phi) is 3.94. The van der Waals surface area contributed by atoms with Crippen molar-refractivity contribution in [2.75, 3.05) is 0 Å². The van der Waals surface area contributed by atoms with Crippen molar-refractivity contribution in [3.05, 3.63) is 23.1 Å². The minimum absolute atomic E-state index is 0.198. The zero-order valence-electron chi connectivity index (χ0n) is 8.16. The van der Waals surface area contributed by atoms with Gasteiger partial charge in [0.1, 0.15) is 0 Å². The second-order valence-electron chi connectivity index (χ2n) is 2.96. The van der Waals surface area contributed by atoms with Crippen molar-refractivity contribution in [3.63, 3.8) is 0 Å². The Labute approximate surface area is 100 Å². The fourth-order valence-corrected chi connectivity index (χ4v) is 1.24. The second-order valence-corrected chi connectivity index (χ2v) is 3.23. The molecule has 1 aromatic heterocycles. The zero-order chi connectivity index (χ0) is 14.1. The van der Waals surface area contributed by atoms with Gasteiger partial charge in [-0.25, -0.2) is 9.37 Å². The number of halogens is 8. The lowest BCUT2D eigenvalue weighted by Crippen LogP contribution is -2.21. The molecule has 0 bridgehead atoms. The molecule has 0 fully saturated rings. The van der Waals surface area contributed by atoms with E-state index in [4.69, 9.17) is 11.6 Å². The summed E-state index contributed by atoms with van der Waals surface area (Å²) in [4.78, 5) is 2.47. The van der Waals surface area contributed by atoms with E-state index in [0.717, 1.165) is 0 Å². The van der Waals surface area contributed by atoms with Gasteiger partial charge in [-0.15, -0.1) is 24.8 Å². The Morgan fingerprint density at radius 3 is 2.11 bits per heavy atom. The first-order chi connectivity index (χ1) is 8.04. The van der Waals surface area contributed by atoms with Crippen molar-refractivity contribution < 1.29 is 35.5 Å². The summed E-state index contributed by atoms with van der Waals surface area (Å²) in [6.07, 6.45) is -10.4. The molecule has 0 radical (unpaired) electrons. The summed E-state index contributed by atoms with van der Waals surface area (Å²) in [5.74, 6) is -4.25. The SMILES string of the molecule is Fc1cc(CCl)c(C(F)(F)F)nc1OC(F)(F)F. The summed E-state index contributed by atoms with van der Waals surface area (Å²) in [6, 6.07) is 0.198. The molecule has 0 aliphatic rings. The van der Waals surface area contributed by atoms with Gasteiger partial charge in [0, 0.05) is 11.4 Å². The highest BCUT2D eigenvalue weighted by Crippen LogP contribution is 2.34. The fraction of sp³-hybridized carbons (Fsp3) is 0.375. The van der Waals surface area contributed by atoms with Crippen molar-refractivity contribution in [1.29, 1.82) is 0 Å². The first kappa shape index (κ1) is 14.8. The Balaban J connectivity index is 3.31. The van der Waals surface area contributed by atoms with Gasteiger partial charge < -0.3 is 4.74 Å². The predicted octanol–water partition coefficient (Wildman–Crippen LogP) is 3.88. The molecule has 1 aromatic rings. The molecule has 0 saturated carbocycles. The van der Waals surface area contributed by atoms with Crippen LogP contribution in [0.2, 0.25) is 0 Å². The third-order valence-electron chi connectivity index (χ3n) is 1.65. The van der Waals surface area contributed by atoms with E-state index >= 15 is 0 Å². The number of rotatable bonds is 2. The van der Waals surface area contributed by atoms with Gasteiger partial charge in [-0.1, -0.05) is 0 Å². The summed E-state index contributed by atoms with van der Waals surface area (Å²) in [5, 5.41) is 0. The normalized spacial score (nSPS) is 12.7. The average Bonchev–Trinajstić information content (AvgIpc) is 2.16. The molecular formula is C8H3ClF7NO. The number of hydrogen-bond acceptors (Lipinski definition) is 2. The quantitative estimate of drug-likeness (QED) is 0.610. The molecular weight excluding hydrogens is 295 g/mol. The lowest BCUT2D eigenvalue weighted by molar-refractivity contribution is -0.277. The summed E-state index contributed by atoms with van der Waals surface area (Å²) in [7, 11) is 0. The molecule has 0 N–H and O–H groups in total. The maximum absolute atomic E-state index is 13.0. The summed E-state index contributed by atoms with van der Waals surface area (Å²) < 4.78 is 88.6. The molecule has 102 valence electrons. The van der Waals surface area contributed by atoms with Crippen LogP contribution in [-0.4, -0.2) is 11.3 Å². The van der Waals surface area contributed by atoms with Crippen molar-refractivity contribution >= 4 is 11.6 Å². The zero-order valence-corrected chi connectivity index (χ0v) is 8.92. The van der Waals surface area contributed by atoms with Gasteiger partial charge in [0.05, 0.1) is 0 Å². The minimum atomic E-state index is -5.35. The van der Waals surface area contributed by atoms with Crippen LogP contribution in [-0.2, 0) is 12.1 Å². The first-order valence-electron chi connectivity index (χ1n) is 4.13. The monoisotopic (exact) mass is 297 g/mol. The molecule has 2 nitrogen and oxygen atoms in total. The molecule has 0 amide bonds. The molecule has 0 atom stereocenters. The van der Waals surface area contributed by atoms with Crippen LogP contribution >= 0.6 is 11.6 Å². The van der Waals surface area contributed by atoms with Crippen LogP contribution < -0.4 is 4.74 Å². The van der Waals surface area contributed by atoms with Crippen molar-refractivity contribution in [3.8, 4) is 5.88 Å². The van der Waals surface area contributed by atoms with E-state index in [1.807, 2.05) is 0 Å². The smallest absolute Gasteiger partial charge is 0.385 e. The number of alkyl halides is 7. The van der Waals surface area contributed by atoms with Crippen molar-refractivity contribution in [2.45, 2.75) is 18.4 Å². The molecule has 0 aliphatic heterocycles. The summed E-state index contributed by atoms with van der Waals surface area (Å²) in [6.45, 7) is 0. The topological polar surface area (TPSA) is 22.1 Å². The Bertz CT molecular complexity index is 442. The van der Waals surface area contributed by atoms with Crippen LogP contribution in [0.25, 0.3) is 0 Å². The van der Waals surface area contributed by atoms with Gasteiger partial charge in [-0.3, -0.25) is 0 Å². The second kappa shape index (κ2) is 4.79. The maximum Gasteiger partial charge on any atom is 0.574 e. The van der Waals surface area contributed by atoms with Gasteiger partial charge in [0.25, 0.3) is 5.88 Å². The van der Waals surface area contributed by atoms with Gasteiger partial charge in [0.15, 0.2) is 11.5 Å². The Hall–Kier alpha value is -1.25. The van der Waals surface area contributed by atoms with E-state index in [1.54, 1.807) is 0 Å². The summed E-state index contributed by atoms with van der Waals surface area (Å²) in [5.41, 5.74) is -2.51. The first-order valence-corrected chi connectivity index (χ1v) is 4.66. The predicted molar refractivity (Wildman–Crippen MR) is 45.4 cm³/mol. The van der Waals surface area contributed by atoms with Crippen LogP contribution in [0, 0.1) is 5.82 Å². The number of ether oxygens (including phenoxy) is 1. The van der Waals surface area contributed by atoms with Crippen LogP contribution in [0.3, 0.4) is 0 Å². The van der Waals surface area contributed by atoms with Crippen molar-refractivity contribution in [1.82, 2.24) is 4.98 Å². The lowest BCUT2D eigenvalue weighted by Gasteiger charge is -2.14. The highest BCUT2D eigenvalue weighted by atomic mass is 35.5. The Morgan fingerprint density at radius 2 is 1.72 bits per heavy atom. The molecule has 0 unspecified atom stereocenters. The molecule has 18 heavy (non-hydrogen) atoms. The van der Waals surface area contributed by atoms with E-state index in [2.05, 4.69) is 9.72 Å². The molecule has 10 heteroatoms. The summed E-state index contributed by atoms with van der Waals surface area (Å²) >= 11 is 5.13. The highest BCUT2D eigenvalue weighted by Gasteiger charge is 2.39. The maximum atomic E-state index is 13.0. The fourth-order valence-electron chi connectivity index (χ4n) is 1.04. The Morgan fingerprint density at radius 1 is 1.17 bits per heavy atom. The van der Waals surface area contributed by atoms with Crippen LogP contribution in [0.5, 0.6) is 5.88 Å². The van der Waals surface area contributed by atoms with Gasteiger partial charge >= 0.3 is 12.5 Å². The van der Waals surface area contributed by atoms with Gasteiger partial charge in [0.2, 0.25) is 0 Å². The molecule has 1 heterocycles. The number of aromatic nitrogens is 1. The average molecular weight is 298 g/mol. The molecule has 0 aliphatic carbocycles. The van der Waals surface area contributed by atoms with E-state index < -0.39 is 41.4 Å². The molecule has 1 rings (SSSR count). The van der Waals surface area contributed by atoms with Crippen LogP contribution in [0.1, 0.15) is 11.3 Å². The van der Waals surface area contributed by atoms with E-state index in [1.165, 1.54) is 0 Å². The van der Waals surface area contributed by atoms with E-state index in [9.17, 15) is 30.7 Å². The third kappa shape index (κ3) is 3.62. The minimum Gasteiger partial charge on any atom is -0.385 e. The number of nitrogens with zero attached hydrogens (tertiary/aromatic N) is 1. The van der Waals surface area contributed by atoms with E-state index in [0.29, 0.717) is 0 Å². The third-order valence-corrected chi connectivity index (χ3v) is 1.94. The molecule has 0 spiro atoms.